The van der Waals surface area contributed by atoms with Crippen LogP contribution >= 0.6 is 0 Å². The number of piperazine rings is 1. The minimum absolute atomic E-state index is 0.159. The third-order valence-corrected chi connectivity index (χ3v) is 6.24. The Bertz CT molecular complexity index is 770. The summed E-state index contributed by atoms with van der Waals surface area (Å²) in [5, 5.41) is 3.42. The average Bonchev–Trinajstić information content (AvgIpc) is 2.66. The van der Waals surface area contributed by atoms with Crippen molar-refractivity contribution in [2.24, 2.45) is 5.92 Å². The molecule has 3 fully saturated rings. The zero-order chi connectivity index (χ0) is 22.0. The highest BCUT2D eigenvalue weighted by Crippen LogP contribution is 2.30. The Morgan fingerprint density at radius 2 is 1.77 bits per heavy atom. The fraction of sp³-hybridized carbons (Fsp3) is 0.652. The SMILES string of the molecule is CC(C)(C)OC(=O)N1CCNCC1C1CN(C2CN(C(=O)OCc3ccccc3)C2)C1. The van der Waals surface area contributed by atoms with Crippen molar-refractivity contribution in [1.82, 2.24) is 20.0 Å². The Hall–Kier alpha value is -2.32. The summed E-state index contributed by atoms with van der Waals surface area (Å²) in [4.78, 5) is 30.9. The molecule has 0 aliphatic carbocycles. The van der Waals surface area contributed by atoms with E-state index in [1.165, 1.54) is 0 Å². The number of amides is 2. The first-order chi connectivity index (χ1) is 14.8. The zero-order valence-corrected chi connectivity index (χ0v) is 18.8. The molecule has 1 N–H and O–H groups in total. The van der Waals surface area contributed by atoms with Gasteiger partial charge in [0, 0.05) is 57.8 Å². The fourth-order valence-corrected chi connectivity index (χ4v) is 4.43. The van der Waals surface area contributed by atoms with Crippen molar-refractivity contribution in [1.29, 1.82) is 0 Å². The lowest BCUT2D eigenvalue weighted by atomic mass is 9.86. The number of likely N-dealkylation sites (tertiary alicyclic amines) is 2. The molecule has 3 aliphatic rings. The van der Waals surface area contributed by atoms with Gasteiger partial charge in [0.1, 0.15) is 12.2 Å². The van der Waals surface area contributed by atoms with Crippen LogP contribution in [0.2, 0.25) is 0 Å². The summed E-state index contributed by atoms with van der Waals surface area (Å²) in [6, 6.07) is 10.3. The third kappa shape index (κ3) is 5.30. The predicted octanol–water partition coefficient (Wildman–Crippen LogP) is 2.15. The van der Waals surface area contributed by atoms with Gasteiger partial charge in [-0.15, -0.1) is 0 Å². The van der Waals surface area contributed by atoms with Gasteiger partial charge in [-0.25, -0.2) is 9.59 Å². The van der Waals surface area contributed by atoms with Gasteiger partial charge in [-0.3, -0.25) is 4.90 Å². The molecule has 1 atom stereocenters. The molecule has 31 heavy (non-hydrogen) atoms. The van der Waals surface area contributed by atoms with Gasteiger partial charge < -0.3 is 24.6 Å². The molecule has 2 amide bonds. The quantitative estimate of drug-likeness (QED) is 0.789. The molecule has 1 aromatic carbocycles. The molecular formula is C23H34N4O4. The van der Waals surface area contributed by atoms with Gasteiger partial charge in [-0.2, -0.15) is 0 Å². The maximum atomic E-state index is 12.6. The Morgan fingerprint density at radius 3 is 2.45 bits per heavy atom. The van der Waals surface area contributed by atoms with Crippen LogP contribution < -0.4 is 5.32 Å². The Labute approximate surface area is 184 Å². The summed E-state index contributed by atoms with van der Waals surface area (Å²) in [6.45, 7) is 11.6. The first-order valence-corrected chi connectivity index (χ1v) is 11.2. The normalized spacial score (nSPS) is 23.1. The van der Waals surface area contributed by atoms with Gasteiger partial charge >= 0.3 is 12.2 Å². The fourth-order valence-electron chi connectivity index (χ4n) is 4.43. The molecule has 3 heterocycles. The lowest BCUT2D eigenvalue weighted by Gasteiger charge is -2.54. The summed E-state index contributed by atoms with van der Waals surface area (Å²) in [7, 11) is 0. The molecule has 3 aliphatic heterocycles. The molecule has 0 saturated carbocycles. The number of nitrogens with one attached hydrogen (secondary N) is 1. The number of hydrogen-bond acceptors (Lipinski definition) is 6. The standard InChI is InChI=1S/C23H34N4O4/c1-23(2,3)31-22(29)27-10-9-24-11-20(27)18-12-25(13-18)19-14-26(15-19)21(28)30-16-17-7-5-4-6-8-17/h4-8,18-20,24H,9-16H2,1-3H3. The highest BCUT2D eigenvalue weighted by atomic mass is 16.6. The number of carbonyl (C=O) groups is 2. The Balaban J connectivity index is 1.20. The largest absolute Gasteiger partial charge is 0.445 e. The van der Waals surface area contributed by atoms with E-state index in [-0.39, 0.29) is 18.2 Å². The van der Waals surface area contributed by atoms with Crippen molar-refractivity contribution in [2.75, 3.05) is 45.8 Å². The van der Waals surface area contributed by atoms with E-state index in [1.54, 1.807) is 4.90 Å². The molecule has 170 valence electrons. The van der Waals surface area contributed by atoms with Crippen LogP contribution in [0.15, 0.2) is 30.3 Å². The highest BCUT2D eigenvalue weighted by Gasteiger charge is 2.46. The van der Waals surface area contributed by atoms with Crippen LogP contribution in [0.5, 0.6) is 0 Å². The van der Waals surface area contributed by atoms with Gasteiger partial charge in [0.2, 0.25) is 0 Å². The van der Waals surface area contributed by atoms with Crippen molar-refractivity contribution in [3.05, 3.63) is 35.9 Å². The molecule has 0 spiro atoms. The second-order valence-electron chi connectivity index (χ2n) is 9.76. The van der Waals surface area contributed by atoms with E-state index in [0.29, 0.717) is 38.2 Å². The van der Waals surface area contributed by atoms with Crippen LogP contribution in [0.1, 0.15) is 26.3 Å². The number of ether oxygens (including phenoxy) is 2. The van der Waals surface area contributed by atoms with Gasteiger partial charge in [-0.1, -0.05) is 30.3 Å². The maximum Gasteiger partial charge on any atom is 0.410 e. The second kappa shape index (κ2) is 9.04. The zero-order valence-electron chi connectivity index (χ0n) is 18.8. The Morgan fingerprint density at radius 1 is 1.06 bits per heavy atom. The first kappa shape index (κ1) is 21.9. The molecule has 4 rings (SSSR count). The summed E-state index contributed by atoms with van der Waals surface area (Å²) >= 11 is 0. The van der Waals surface area contributed by atoms with E-state index < -0.39 is 5.60 Å². The van der Waals surface area contributed by atoms with Crippen molar-refractivity contribution in [3.8, 4) is 0 Å². The van der Waals surface area contributed by atoms with Crippen LogP contribution in [-0.4, -0.2) is 90.4 Å². The van der Waals surface area contributed by atoms with Crippen LogP contribution in [0.3, 0.4) is 0 Å². The van der Waals surface area contributed by atoms with E-state index in [0.717, 1.165) is 31.7 Å². The van der Waals surface area contributed by atoms with E-state index in [4.69, 9.17) is 9.47 Å². The van der Waals surface area contributed by atoms with Crippen LogP contribution in [0.4, 0.5) is 9.59 Å². The molecule has 1 aromatic rings. The monoisotopic (exact) mass is 430 g/mol. The molecule has 3 saturated heterocycles. The summed E-state index contributed by atoms with van der Waals surface area (Å²) in [5.41, 5.74) is 0.511. The van der Waals surface area contributed by atoms with Crippen molar-refractivity contribution in [2.45, 2.75) is 45.1 Å². The predicted molar refractivity (Wildman–Crippen MR) is 117 cm³/mol. The van der Waals surface area contributed by atoms with Gasteiger partial charge in [-0.05, 0) is 26.3 Å². The Kier molecular flexibility index (Phi) is 6.39. The smallest absolute Gasteiger partial charge is 0.410 e. The summed E-state index contributed by atoms with van der Waals surface area (Å²) in [6.07, 6.45) is -0.460. The minimum atomic E-state index is -0.483. The summed E-state index contributed by atoms with van der Waals surface area (Å²) in [5.74, 6) is 0.430. The third-order valence-electron chi connectivity index (χ3n) is 6.24. The topological polar surface area (TPSA) is 74.4 Å². The van der Waals surface area contributed by atoms with Crippen molar-refractivity contribution in [3.63, 3.8) is 0 Å². The van der Waals surface area contributed by atoms with Gasteiger partial charge in [0.15, 0.2) is 0 Å². The van der Waals surface area contributed by atoms with E-state index in [1.807, 2.05) is 56.0 Å². The lowest BCUT2D eigenvalue weighted by Crippen LogP contribution is -2.70. The average molecular weight is 431 g/mol. The van der Waals surface area contributed by atoms with Gasteiger partial charge in [0.25, 0.3) is 0 Å². The van der Waals surface area contributed by atoms with Crippen LogP contribution in [-0.2, 0) is 16.1 Å². The maximum absolute atomic E-state index is 12.6. The molecule has 8 heteroatoms. The van der Waals surface area contributed by atoms with Crippen molar-refractivity contribution >= 4 is 12.2 Å². The minimum Gasteiger partial charge on any atom is -0.445 e. The van der Waals surface area contributed by atoms with Crippen LogP contribution in [0.25, 0.3) is 0 Å². The number of benzene rings is 1. The van der Waals surface area contributed by atoms with Crippen LogP contribution in [0, 0.1) is 5.92 Å². The van der Waals surface area contributed by atoms with E-state index >= 15 is 0 Å². The number of hydrogen-bond donors (Lipinski definition) is 1. The lowest BCUT2D eigenvalue weighted by molar-refractivity contribution is -0.0613. The van der Waals surface area contributed by atoms with Gasteiger partial charge in [0.05, 0.1) is 6.04 Å². The molecule has 8 nitrogen and oxygen atoms in total. The number of nitrogens with zero attached hydrogens (tertiary/aromatic N) is 3. The second-order valence-corrected chi connectivity index (χ2v) is 9.76. The first-order valence-electron chi connectivity index (χ1n) is 11.2. The molecule has 0 radical (unpaired) electrons. The number of carbonyl (C=O) groups excluding carboxylic acids is 2. The molecule has 0 bridgehead atoms. The summed E-state index contributed by atoms with van der Waals surface area (Å²) < 4.78 is 11.0. The van der Waals surface area contributed by atoms with E-state index in [2.05, 4.69) is 10.2 Å². The van der Waals surface area contributed by atoms with Crippen molar-refractivity contribution < 1.29 is 19.1 Å². The molecule has 1 unspecified atom stereocenters. The van der Waals surface area contributed by atoms with E-state index in [9.17, 15) is 9.59 Å². The molecular weight excluding hydrogens is 396 g/mol. The highest BCUT2D eigenvalue weighted by molar-refractivity contribution is 5.69. The molecule has 0 aromatic heterocycles. The number of rotatable bonds is 4.